The van der Waals surface area contributed by atoms with Crippen LogP contribution in [0.2, 0.25) is 5.02 Å². The van der Waals surface area contributed by atoms with Gasteiger partial charge in [0.15, 0.2) is 0 Å². The van der Waals surface area contributed by atoms with E-state index in [1.54, 1.807) is 17.0 Å². The van der Waals surface area contributed by atoms with Crippen LogP contribution in [0.15, 0.2) is 48.5 Å². The third kappa shape index (κ3) is 3.24. The Morgan fingerprint density at radius 2 is 1.72 bits per heavy atom. The number of halogens is 2. The molecule has 25 heavy (non-hydrogen) atoms. The van der Waals surface area contributed by atoms with Gasteiger partial charge in [-0.3, -0.25) is 9.59 Å². The van der Waals surface area contributed by atoms with Gasteiger partial charge < -0.3 is 10.0 Å². The lowest BCUT2D eigenvalue weighted by molar-refractivity contribution is -0.145. The van der Waals surface area contributed by atoms with E-state index in [1.165, 1.54) is 12.1 Å². The van der Waals surface area contributed by atoms with E-state index in [0.29, 0.717) is 25.9 Å². The molecule has 0 unspecified atom stereocenters. The summed E-state index contributed by atoms with van der Waals surface area (Å²) in [5.41, 5.74) is -0.0416. The number of hydrogen-bond acceptors (Lipinski definition) is 2. The van der Waals surface area contributed by atoms with Gasteiger partial charge in [0.2, 0.25) is 0 Å². The van der Waals surface area contributed by atoms with Crippen molar-refractivity contribution in [3.8, 4) is 0 Å². The third-order valence-corrected chi connectivity index (χ3v) is 5.11. The number of amides is 1. The summed E-state index contributed by atoms with van der Waals surface area (Å²) >= 11 is 5.65. The summed E-state index contributed by atoms with van der Waals surface area (Å²) in [6.45, 7) is 0.592. The van der Waals surface area contributed by atoms with Crippen molar-refractivity contribution < 1.29 is 19.1 Å². The zero-order chi connectivity index (χ0) is 18.0. The average molecular weight is 362 g/mol. The molecule has 0 aromatic heterocycles. The molecule has 0 atom stereocenters. The minimum atomic E-state index is -0.997. The molecule has 1 saturated heterocycles. The second kappa shape index (κ2) is 6.84. The van der Waals surface area contributed by atoms with E-state index in [-0.39, 0.29) is 16.5 Å². The highest BCUT2D eigenvalue weighted by molar-refractivity contribution is 6.30. The molecule has 0 spiro atoms. The quantitative estimate of drug-likeness (QED) is 0.906. The lowest BCUT2D eigenvalue weighted by Crippen LogP contribution is -2.49. The molecule has 1 aliphatic rings. The van der Waals surface area contributed by atoms with Crippen molar-refractivity contribution >= 4 is 23.5 Å². The lowest BCUT2D eigenvalue weighted by Gasteiger charge is -2.39. The zero-order valence-electron chi connectivity index (χ0n) is 13.4. The van der Waals surface area contributed by atoms with Gasteiger partial charge in [-0.25, -0.2) is 4.39 Å². The molecule has 1 amide bonds. The van der Waals surface area contributed by atoms with Gasteiger partial charge in [-0.1, -0.05) is 41.9 Å². The molecule has 6 heteroatoms. The Morgan fingerprint density at radius 3 is 2.28 bits per heavy atom. The van der Waals surface area contributed by atoms with Crippen molar-refractivity contribution in [2.75, 3.05) is 13.1 Å². The van der Waals surface area contributed by atoms with Gasteiger partial charge in [0.05, 0.1) is 10.4 Å². The number of rotatable bonds is 3. The number of carboxylic acid groups (broad SMARTS) is 1. The van der Waals surface area contributed by atoms with Crippen LogP contribution in [0.4, 0.5) is 4.39 Å². The van der Waals surface area contributed by atoms with Crippen LogP contribution < -0.4 is 0 Å². The van der Waals surface area contributed by atoms with E-state index >= 15 is 0 Å². The molecule has 0 bridgehead atoms. The molecular formula is C19H17ClFNO3. The summed E-state index contributed by atoms with van der Waals surface area (Å²) in [5, 5.41) is 9.75. The second-order valence-electron chi connectivity index (χ2n) is 6.17. The molecule has 0 aliphatic carbocycles. The van der Waals surface area contributed by atoms with Crippen LogP contribution in [0.25, 0.3) is 0 Å². The maximum Gasteiger partial charge on any atom is 0.314 e. The first-order valence-electron chi connectivity index (χ1n) is 7.97. The number of aliphatic carboxylic acids is 1. The highest BCUT2D eigenvalue weighted by atomic mass is 35.5. The van der Waals surface area contributed by atoms with Gasteiger partial charge in [-0.2, -0.15) is 0 Å². The smallest absolute Gasteiger partial charge is 0.314 e. The summed E-state index contributed by atoms with van der Waals surface area (Å²) in [6.07, 6.45) is 0.627. The van der Waals surface area contributed by atoms with Gasteiger partial charge in [0.1, 0.15) is 5.82 Å². The van der Waals surface area contributed by atoms with Crippen LogP contribution in [0.1, 0.15) is 28.8 Å². The Balaban J connectivity index is 1.79. The Kier molecular flexibility index (Phi) is 4.77. The highest BCUT2D eigenvalue weighted by Crippen LogP contribution is 2.36. The minimum absolute atomic E-state index is 0.0378. The fraction of sp³-hybridized carbons (Fsp3) is 0.263. The topological polar surface area (TPSA) is 57.6 Å². The number of carbonyl (C=O) groups is 2. The molecule has 1 fully saturated rings. The first-order chi connectivity index (χ1) is 11.9. The number of benzene rings is 2. The Morgan fingerprint density at radius 1 is 1.08 bits per heavy atom. The van der Waals surface area contributed by atoms with E-state index in [0.717, 1.165) is 11.6 Å². The van der Waals surface area contributed by atoms with E-state index in [4.69, 9.17) is 11.6 Å². The SMILES string of the molecule is O=C(c1ccc(Cl)c(F)c1)N1CCC(C(=O)O)(c2ccccc2)CC1. The fourth-order valence-electron chi connectivity index (χ4n) is 3.29. The summed E-state index contributed by atoms with van der Waals surface area (Å²) in [7, 11) is 0. The third-order valence-electron chi connectivity index (χ3n) is 4.81. The number of carbonyl (C=O) groups excluding carboxylic acids is 1. The van der Waals surface area contributed by atoms with E-state index < -0.39 is 17.2 Å². The monoisotopic (exact) mass is 361 g/mol. The summed E-state index contributed by atoms with van der Waals surface area (Å²) < 4.78 is 13.6. The van der Waals surface area contributed by atoms with Crippen LogP contribution in [0.3, 0.4) is 0 Å². The van der Waals surface area contributed by atoms with Crippen molar-refractivity contribution in [3.05, 3.63) is 70.5 Å². The van der Waals surface area contributed by atoms with Crippen molar-refractivity contribution in [2.24, 2.45) is 0 Å². The van der Waals surface area contributed by atoms with E-state index in [2.05, 4.69) is 0 Å². The molecule has 3 rings (SSSR count). The molecule has 0 saturated carbocycles. The van der Waals surface area contributed by atoms with Gasteiger partial charge in [0.25, 0.3) is 5.91 Å². The number of hydrogen-bond donors (Lipinski definition) is 1. The molecule has 4 nitrogen and oxygen atoms in total. The molecule has 0 radical (unpaired) electrons. The normalized spacial score (nSPS) is 16.5. The molecule has 1 aliphatic heterocycles. The summed E-state index contributed by atoms with van der Waals surface area (Å²) in [4.78, 5) is 26.0. The standard InChI is InChI=1S/C19H17ClFNO3/c20-15-7-6-13(12-16(15)21)17(23)22-10-8-19(9-11-22,18(24)25)14-4-2-1-3-5-14/h1-7,12H,8-11H2,(H,24,25). The molecule has 2 aromatic rings. The average Bonchev–Trinajstić information content (AvgIpc) is 2.64. The van der Waals surface area contributed by atoms with Crippen LogP contribution in [-0.2, 0) is 10.2 Å². The van der Waals surface area contributed by atoms with Crippen molar-refractivity contribution in [2.45, 2.75) is 18.3 Å². The van der Waals surface area contributed by atoms with Crippen LogP contribution >= 0.6 is 11.6 Å². The van der Waals surface area contributed by atoms with Gasteiger partial charge >= 0.3 is 5.97 Å². The minimum Gasteiger partial charge on any atom is -0.481 e. The lowest BCUT2D eigenvalue weighted by atomic mass is 9.73. The van der Waals surface area contributed by atoms with Crippen molar-refractivity contribution in [1.82, 2.24) is 4.90 Å². The van der Waals surface area contributed by atoms with Gasteiger partial charge in [0, 0.05) is 18.7 Å². The molecule has 1 N–H and O–H groups in total. The van der Waals surface area contributed by atoms with E-state index in [1.807, 2.05) is 18.2 Å². The van der Waals surface area contributed by atoms with Crippen LogP contribution in [0.5, 0.6) is 0 Å². The van der Waals surface area contributed by atoms with E-state index in [9.17, 15) is 19.1 Å². The highest BCUT2D eigenvalue weighted by Gasteiger charge is 2.43. The first-order valence-corrected chi connectivity index (χ1v) is 8.35. The molecule has 1 heterocycles. The van der Waals surface area contributed by atoms with Crippen molar-refractivity contribution in [3.63, 3.8) is 0 Å². The zero-order valence-corrected chi connectivity index (χ0v) is 14.2. The summed E-state index contributed by atoms with van der Waals surface area (Å²) in [5.74, 6) is -1.85. The van der Waals surface area contributed by atoms with Crippen LogP contribution in [0, 0.1) is 5.82 Å². The summed E-state index contributed by atoms with van der Waals surface area (Å²) in [6, 6.07) is 13.0. The van der Waals surface area contributed by atoms with Gasteiger partial charge in [-0.15, -0.1) is 0 Å². The number of nitrogens with zero attached hydrogens (tertiary/aromatic N) is 1. The van der Waals surface area contributed by atoms with Gasteiger partial charge in [-0.05, 0) is 36.6 Å². The molecular weight excluding hydrogens is 345 g/mol. The largest absolute Gasteiger partial charge is 0.481 e. The Labute approximate surface area is 149 Å². The fourth-order valence-corrected chi connectivity index (χ4v) is 3.40. The predicted octanol–water partition coefficient (Wildman–Crippen LogP) is 3.74. The Hall–Kier alpha value is -2.40. The maximum absolute atomic E-state index is 13.6. The van der Waals surface area contributed by atoms with Crippen LogP contribution in [-0.4, -0.2) is 35.0 Å². The number of likely N-dealkylation sites (tertiary alicyclic amines) is 1. The number of carboxylic acids is 1. The number of piperidine rings is 1. The Bertz CT molecular complexity index is 802. The predicted molar refractivity (Wildman–Crippen MR) is 92.3 cm³/mol. The molecule has 2 aromatic carbocycles. The maximum atomic E-state index is 13.6. The second-order valence-corrected chi connectivity index (χ2v) is 6.58. The van der Waals surface area contributed by atoms with Crippen molar-refractivity contribution in [1.29, 1.82) is 0 Å². The molecule has 130 valence electrons. The first kappa shape index (κ1) is 17.4.